The topological polar surface area (TPSA) is 3.24 Å². The summed E-state index contributed by atoms with van der Waals surface area (Å²) in [5.41, 5.74) is 1.77. The van der Waals surface area contributed by atoms with E-state index >= 15 is 0 Å². The maximum absolute atomic E-state index is 3.34. The van der Waals surface area contributed by atoms with Crippen LogP contribution < -0.4 is 0 Å². The van der Waals surface area contributed by atoms with Gasteiger partial charge in [-0.3, -0.25) is 4.90 Å². The largest absolute Gasteiger partial charge is 0.294 e. The van der Waals surface area contributed by atoms with Crippen molar-refractivity contribution < 1.29 is 0 Å². The van der Waals surface area contributed by atoms with Crippen molar-refractivity contribution in [3.8, 4) is 0 Å². The Kier molecular flexibility index (Phi) is 8.56. The SMILES string of the molecule is C/C(=C\C1CCC(N(C2CCC(C)CC2)C2CCC3CCC4CCCC5CCC2C3C45)CC1)C1CCCCC1. The highest BCUT2D eigenvalue weighted by Crippen LogP contribution is 2.61. The van der Waals surface area contributed by atoms with Crippen LogP contribution in [0.3, 0.4) is 0 Å². The quantitative estimate of drug-likeness (QED) is 0.318. The molecule has 7 fully saturated rings. The van der Waals surface area contributed by atoms with Crippen LogP contribution in [0.15, 0.2) is 11.6 Å². The van der Waals surface area contributed by atoms with Gasteiger partial charge < -0.3 is 0 Å². The molecule has 0 heterocycles. The maximum Gasteiger partial charge on any atom is 0.0132 e. The normalized spacial score (nSPS) is 47.6. The summed E-state index contributed by atoms with van der Waals surface area (Å²) in [5, 5.41) is 0. The van der Waals surface area contributed by atoms with Gasteiger partial charge in [0.15, 0.2) is 0 Å². The number of nitrogens with zero attached hydrogens (tertiary/aromatic N) is 1. The second-order valence-corrected chi connectivity index (χ2v) is 16.5. The maximum atomic E-state index is 3.34. The third kappa shape index (κ3) is 5.59. The molecule has 0 bridgehead atoms. The van der Waals surface area contributed by atoms with Crippen LogP contribution in [0.5, 0.6) is 0 Å². The van der Waals surface area contributed by atoms with Gasteiger partial charge in [-0.05, 0) is 163 Å². The molecule has 7 unspecified atom stereocenters. The molecule has 0 saturated heterocycles. The van der Waals surface area contributed by atoms with E-state index in [1.807, 2.05) is 0 Å². The average Bonchev–Trinajstić information content (AvgIpc) is 2.99. The zero-order chi connectivity index (χ0) is 26.3. The summed E-state index contributed by atoms with van der Waals surface area (Å²) in [5.74, 6) is 9.40. The van der Waals surface area contributed by atoms with Crippen LogP contribution in [0.4, 0.5) is 0 Å². The number of hydrogen-bond acceptors (Lipinski definition) is 1. The highest BCUT2D eigenvalue weighted by atomic mass is 15.2. The molecule has 39 heavy (non-hydrogen) atoms. The van der Waals surface area contributed by atoms with Crippen LogP contribution in [0, 0.1) is 53.3 Å². The van der Waals surface area contributed by atoms with Crippen molar-refractivity contribution in [1.82, 2.24) is 4.90 Å². The fraction of sp³-hybridized carbons (Fsp3) is 0.947. The fourth-order valence-corrected chi connectivity index (χ4v) is 12.7. The summed E-state index contributed by atoms with van der Waals surface area (Å²) in [6.07, 6.45) is 36.4. The lowest BCUT2D eigenvalue weighted by atomic mass is 9.47. The Hall–Kier alpha value is -0.300. The molecule has 0 radical (unpaired) electrons. The Morgan fingerprint density at radius 2 is 1.13 bits per heavy atom. The van der Waals surface area contributed by atoms with E-state index < -0.39 is 0 Å². The van der Waals surface area contributed by atoms with Crippen molar-refractivity contribution in [3.63, 3.8) is 0 Å². The zero-order valence-corrected chi connectivity index (χ0v) is 26.0. The fourth-order valence-electron chi connectivity index (χ4n) is 12.7. The molecule has 7 aliphatic rings. The van der Waals surface area contributed by atoms with E-state index in [0.717, 1.165) is 71.4 Å². The Balaban J connectivity index is 1.08. The Morgan fingerprint density at radius 3 is 1.82 bits per heavy atom. The smallest absolute Gasteiger partial charge is 0.0132 e. The van der Waals surface area contributed by atoms with Crippen molar-refractivity contribution >= 4 is 0 Å². The third-order valence-electron chi connectivity index (χ3n) is 14.5. The molecule has 0 amide bonds. The van der Waals surface area contributed by atoms with Crippen LogP contribution in [-0.2, 0) is 0 Å². The first-order valence-corrected chi connectivity index (χ1v) is 18.6. The van der Waals surface area contributed by atoms with E-state index in [9.17, 15) is 0 Å². The monoisotopic (exact) mass is 533 g/mol. The summed E-state index contributed by atoms with van der Waals surface area (Å²) in [7, 11) is 0. The summed E-state index contributed by atoms with van der Waals surface area (Å²) >= 11 is 0. The first-order valence-electron chi connectivity index (χ1n) is 18.6. The van der Waals surface area contributed by atoms with Gasteiger partial charge in [0.1, 0.15) is 0 Å². The van der Waals surface area contributed by atoms with Crippen molar-refractivity contribution in [2.45, 2.75) is 173 Å². The lowest BCUT2D eigenvalue weighted by Gasteiger charge is -2.62. The van der Waals surface area contributed by atoms with Gasteiger partial charge in [0, 0.05) is 18.1 Å². The van der Waals surface area contributed by atoms with Gasteiger partial charge in [0.25, 0.3) is 0 Å². The van der Waals surface area contributed by atoms with Crippen molar-refractivity contribution in [2.24, 2.45) is 53.3 Å². The molecule has 0 N–H and O–H groups in total. The standard InChI is InChI=1S/C38H63N/c1-26-11-19-33(20-12-26)39(34-21-13-28(14-22-34)25-27(2)29-7-4-3-5-8-29)36-24-18-32-16-15-30-9-6-10-31-17-23-35(36)38(32)37(30)31/h25-26,28-38H,3-24H2,1-2H3/b27-25+. The van der Waals surface area contributed by atoms with E-state index in [1.165, 1.54) is 83.5 Å². The summed E-state index contributed by atoms with van der Waals surface area (Å²) in [6.45, 7) is 5.03. The number of hydrogen-bond donors (Lipinski definition) is 0. The van der Waals surface area contributed by atoms with E-state index in [1.54, 1.807) is 63.4 Å². The minimum atomic E-state index is 0.879. The molecular weight excluding hydrogens is 470 g/mol. The second kappa shape index (κ2) is 12.1. The molecule has 220 valence electrons. The number of allylic oxidation sites excluding steroid dienone is 2. The molecule has 0 aromatic rings. The van der Waals surface area contributed by atoms with E-state index in [0.29, 0.717) is 0 Å². The zero-order valence-electron chi connectivity index (χ0n) is 26.0. The molecule has 7 aliphatic carbocycles. The minimum Gasteiger partial charge on any atom is -0.294 e. The lowest BCUT2D eigenvalue weighted by molar-refractivity contribution is -0.124. The molecule has 0 aromatic heterocycles. The molecule has 7 atom stereocenters. The highest BCUT2D eigenvalue weighted by Gasteiger charge is 2.55. The first kappa shape index (κ1) is 27.5. The highest BCUT2D eigenvalue weighted by molar-refractivity contribution is 5.09. The predicted molar refractivity (Wildman–Crippen MR) is 166 cm³/mol. The third-order valence-corrected chi connectivity index (χ3v) is 14.5. The average molecular weight is 534 g/mol. The van der Waals surface area contributed by atoms with Crippen LogP contribution in [0.1, 0.15) is 155 Å². The Bertz CT molecular complexity index is 816. The van der Waals surface area contributed by atoms with Crippen LogP contribution in [0.2, 0.25) is 0 Å². The first-order chi connectivity index (χ1) is 19.2. The van der Waals surface area contributed by atoms with Crippen LogP contribution in [-0.4, -0.2) is 23.0 Å². The molecule has 1 nitrogen and oxygen atoms in total. The predicted octanol–water partition coefficient (Wildman–Crippen LogP) is 10.6. The van der Waals surface area contributed by atoms with Gasteiger partial charge >= 0.3 is 0 Å². The molecule has 7 rings (SSSR count). The summed E-state index contributed by atoms with van der Waals surface area (Å²) < 4.78 is 0. The molecule has 0 aromatic carbocycles. The van der Waals surface area contributed by atoms with Gasteiger partial charge in [0.2, 0.25) is 0 Å². The summed E-state index contributed by atoms with van der Waals surface area (Å²) in [6, 6.07) is 2.74. The summed E-state index contributed by atoms with van der Waals surface area (Å²) in [4.78, 5) is 3.34. The Labute approximate surface area is 242 Å². The molecule has 0 aliphatic heterocycles. The van der Waals surface area contributed by atoms with Crippen LogP contribution in [0.25, 0.3) is 0 Å². The lowest BCUT2D eigenvalue weighted by Crippen LogP contribution is -2.61. The van der Waals surface area contributed by atoms with Crippen molar-refractivity contribution in [2.75, 3.05) is 0 Å². The van der Waals surface area contributed by atoms with Crippen molar-refractivity contribution in [1.29, 1.82) is 0 Å². The van der Waals surface area contributed by atoms with Gasteiger partial charge in [-0.2, -0.15) is 0 Å². The molecule has 0 spiro atoms. The van der Waals surface area contributed by atoms with Gasteiger partial charge in [-0.1, -0.05) is 57.1 Å². The number of rotatable bonds is 5. The molecule has 1 heteroatoms. The van der Waals surface area contributed by atoms with E-state index in [-0.39, 0.29) is 0 Å². The van der Waals surface area contributed by atoms with Gasteiger partial charge in [-0.15, -0.1) is 0 Å². The van der Waals surface area contributed by atoms with E-state index in [2.05, 4.69) is 24.8 Å². The van der Waals surface area contributed by atoms with Crippen molar-refractivity contribution in [3.05, 3.63) is 11.6 Å². The van der Waals surface area contributed by atoms with Crippen LogP contribution >= 0.6 is 0 Å². The van der Waals surface area contributed by atoms with Gasteiger partial charge in [0.05, 0.1) is 0 Å². The second-order valence-electron chi connectivity index (χ2n) is 16.5. The molecular formula is C38H63N. The van der Waals surface area contributed by atoms with Gasteiger partial charge in [-0.25, -0.2) is 0 Å². The molecule has 7 saturated carbocycles. The van der Waals surface area contributed by atoms with E-state index in [4.69, 9.17) is 0 Å². The Morgan fingerprint density at radius 1 is 0.538 bits per heavy atom. The minimum absolute atomic E-state index is 0.879.